The minimum atomic E-state index is -2.60. The number of rotatable bonds is 4. The summed E-state index contributed by atoms with van der Waals surface area (Å²) in [6, 6.07) is 15.2. The second-order valence-electron chi connectivity index (χ2n) is 4.15. The first-order chi connectivity index (χ1) is 8.63. The van der Waals surface area contributed by atoms with Crippen molar-refractivity contribution in [1.29, 1.82) is 0 Å². The SMILES string of the molecule is [O]=[Sn]([CH2]c1ccc(Cl)cc1)[CH2]c1ccc(Cl)cc1. The first kappa shape index (κ1) is 14.0. The van der Waals surface area contributed by atoms with Gasteiger partial charge in [-0.25, -0.2) is 0 Å². The number of hydrogen-bond acceptors (Lipinski definition) is 1. The van der Waals surface area contributed by atoms with Crippen molar-refractivity contribution in [2.24, 2.45) is 0 Å². The molecule has 0 aliphatic carbocycles. The Morgan fingerprint density at radius 2 is 1.06 bits per heavy atom. The van der Waals surface area contributed by atoms with Gasteiger partial charge in [-0.1, -0.05) is 0 Å². The Balaban J connectivity index is 1.96. The van der Waals surface area contributed by atoms with Gasteiger partial charge in [-0.3, -0.25) is 0 Å². The number of benzene rings is 2. The molecular weight excluding hydrogens is 374 g/mol. The maximum absolute atomic E-state index is 12.2. The van der Waals surface area contributed by atoms with Gasteiger partial charge in [0.05, 0.1) is 0 Å². The van der Waals surface area contributed by atoms with Crippen molar-refractivity contribution in [2.45, 2.75) is 8.87 Å². The van der Waals surface area contributed by atoms with Crippen molar-refractivity contribution >= 4 is 42.9 Å². The fourth-order valence-electron chi connectivity index (χ4n) is 1.72. The zero-order chi connectivity index (χ0) is 13.0. The molecule has 18 heavy (non-hydrogen) atoms. The molecule has 4 heteroatoms. The van der Waals surface area contributed by atoms with Crippen molar-refractivity contribution in [3.8, 4) is 0 Å². The normalized spacial score (nSPS) is 10.3. The van der Waals surface area contributed by atoms with Crippen LogP contribution >= 0.6 is 23.2 Å². The fourth-order valence-corrected chi connectivity index (χ4v) is 6.28. The van der Waals surface area contributed by atoms with Crippen molar-refractivity contribution < 1.29 is 3.08 Å². The summed E-state index contributed by atoms with van der Waals surface area (Å²) >= 11 is 9.04. The summed E-state index contributed by atoms with van der Waals surface area (Å²) in [4.78, 5) is 0. The molecule has 1 nitrogen and oxygen atoms in total. The van der Waals surface area contributed by atoms with E-state index in [4.69, 9.17) is 23.2 Å². The van der Waals surface area contributed by atoms with Crippen LogP contribution in [0.1, 0.15) is 11.1 Å². The third kappa shape index (κ3) is 4.38. The van der Waals surface area contributed by atoms with Crippen LogP contribution in [0.3, 0.4) is 0 Å². The first-order valence-electron chi connectivity index (χ1n) is 5.64. The van der Waals surface area contributed by atoms with Crippen LogP contribution in [0.4, 0.5) is 0 Å². The Hall–Kier alpha value is -0.381. The summed E-state index contributed by atoms with van der Waals surface area (Å²) in [5, 5.41) is 1.43. The van der Waals surface area contributed by atoms with Gasteiger partial charge in [0.1, 0.15) is 0 Å². The third-order valence-electron chi connectivity index (χ3n) is 2.63. The van der Waals surface area contributed by atoms with Crippen molar-refractivity contribution in [3.63, 3.8) is 0 Å². The summed E-state index contributed by atoms with van der Waals surface area (Å²) < 4.78 is 13.6. The summed E-state index contributed by atoms with van der Waals surface area (Å²) in [6.07, 6.45) is 0. The molecule has 2 aromatic carbocycles. The van der Waals surface area contributed by atoms with Gasteiger partial charge in [0.15, 0.2) is 0 Å². The monoisotopic (exact) mass is 386 g/mol. The van der Waals surface area contributed by atoms with Crippen LogP contribution in [0.2, 0.25) is 10.0 Å². The molecule has 2 aromatic rings. The predicted molar refractivity (Wildman–Crippen MR) is 76.8 cm³/mol. The quantitative estimate of drug-likeness (QED) is 0.718. The van der Waals surface area contributed by atoms with Crippen LogP contribution in [0.5, 0.6) is 0 Å². The molecule has 0 aliphatic heterocycles. The predicted octanol–water partition coefficient (Wildman–Crippen LogP) is 4.28. The standard InChI is InChI=1S/2C7H6Cl.O.Sn/c2*1-6-2-4-7(8)5-3-6;;/h2*2-5H,1H2;;. The molecular formula is C14H12Cl2OSn. The van der Waals surface area contributed by atoms with Crippen LogP contribution in [-0.4, -0.2) is 19.7 Å². The van der Waals surface area contributed by atoms with Crippen LogP contribution in [0, 0.1) is 0 Å². The molecule has 0 heterocycles. The van der Waals surface area contributed by atoms with Crippen LogP contribution in [-0.2, 0) is 12.0 Å². The summed E-state index contributed by atoms with van der Waals surface area (Å²) in [6.45, 7) is 0. The molecule has 0 radical (unpaired) electrons. The molecule has 0 saturated heterocycles. The third-order valence-corrected chi connectivity index (χ3v) is 7.71. The van der Waals surface area contributed by atoms with Crippen molar-refractivity contribution in [2.75, 3.05) is 0 Å². The van der Waals surface area contributed by atoms with E-state index in [0.717, 1.165) is 11.1 Å². The average Bonchev–Trinajstić information content (AvgIpc) is 2.35. The van der Waals surface area contributed by atoms with Gasteiger partial charge in [-0.15, -0.1) is 0 Å². The van der Waals surface area contributed by atoms with E-state index < -0.39 is 19.7 Å². The second-order valence-corrected chi connectivity index (χ2v) is 10.1. The molecule has 2 rings (SSSR count). The molecule has 0 N–H and O–H groups in total. The van der Waals surface area contributed by atoms with E-state index >= 15 is 0 Å². The van der Waals surface area contributed by atoms with Gasteiger partial charge in [-0.2, -0.15) is 0 Å². The van der Waals surface area contributed by atoms with Gasteiger partial charge in [0, 0.05) is 0 Å². The Morgan fingerprint density at radius 3 is 1.39 bits per heavy atom. The molecule has 0 atom stereocenters. The maximum atomic E-state index is 12.2. The summed E-state index contributed by atoms with van der Waals surface area (Å²) in [5.41, 5.74) is 2.22. The molecule has 92 valence electrons. The van der Waals surface area contributed by atoms with Gasteiger partial charge in [0.2, 0.25) is 0 Å². The Morgan fingerprint density at radius 1 is 0.722 bits per heavy atom. The van der Waals surface area contributed by atoms with E-state index in [1.807, 2.05) is 48.5 Å². The number of halogens is 2. The topological polar surface area (TPSA) is 17.1 Å². The summed E-state index contributed by atoms with van der Waals surface area (Å²) in [5.74, 6) is 0. The molecule has 0 unspecified atom stereocenters. The van der Waals surface area contributed by atoms with Crippen LogP contribution in [0.15, 0.2) is 48.5 Å². The van der Waals surface area contributed by atoms with E-state index in [9.17, 15) is 3.08 Å². The molecule has 0 fully saturated rings. The van der Waals surface area contributed by atoms with E-state index in [0.29, 0.717) is 18.9 Å². The van der Waals surface area contributed by atoms with Gasteiger partial charge in [0.25, 0.3) is 0 Å². The van der Waals surface area contributed by atoms with E-state index in [-0.39, 0.29) is 0 Å². The first-order valence-corrected chi connectivity index (χ1v) is 11.6. The summed E-state index contributed by atoms with van der Waals surface area (Å²) in [7, 11) is 0. The molecule has 0 saturated carbocycles. The van der Waals surface area contributed by atoms with Crippen molar-refractivity contribution in [1.82, 2.24) is 0 Å². The van der Waals surface area contributed by atoms with Crippen LogP contribution in [0.25, 0.3) is 0 Å². The molecule has 0 spiro atoms. The second kappa shape index (κ2) is 6.69. The van der Waals surface area contributed by atoms with Crippen LogP contribution < -0.4 is 0 Å². The van der Waals surface area contributed by atoms with Gasteiger partial charge in [-0.05, 0) is 0 Å². The molecule has 0 bridgehead atoms. The zero-order valence-electron chi connectivity index (χ0n) is 9.70. The average molecular weight is 386 g/mol. The van der Waals surface area contributed by atoms with Crippen molar-refractivity contribution in [3.05, 3.63) is 69.7 Å². The molecule has 0 aliphatic rings. The fraction of sp³-hybridized carbons (Fsp3) is 0.143. The Bertz CT molecular complexity index is 485. The Labute approximate surface area is 124 Å². The van der Waals surface area contributed by atoms with E-state index in [2.05, 4.69) is 0 Å². The zero-order valence-corrected chi connectivity index (χ0v) is 14.1. The molecule has 0 amide bonds. The Kier molecular flexibility index (Phi) is 5.22. The van der Waals surface area contributed by atoms with Gasteiger partial charge >= 0.3 is 125 Å². The van der Waals surface area contributed by atoms with E-state index in [1.54, 1.807) is 0 Å². The van der Waals surface area contributed by atoms with Gasteiger partial charge < -0.3 is 0 Å². The number of hydrogen-bond donors (Lipinski definition) is 0. The minimum absolute atomic E-state index is 0.710. The van der Waals surface area contributed by atoms with E-state index in [1.165, 1.54) is 0 Å². The molecule has 0 aromatic heterocycles.